The fourth-order valence-corrected chi connectivity index (χ4v) is 2.45. The lowest BCUT2D eigenvalue weighted by atomic mass is 9.90. The summed E-state index contributed by atoms with van der Waals surface area (Å²) in [6.07, 6.45) is 3.56. The molecule has 2 aromatic carbocycles. The van der Waals surface area contributed by atoms with Crippen LogP contribution in [0.1, 0.15) is 17.0 Å². The molecule has 0 aliphatic heterocycles. The average molecular weight is 293 g/mol. The molecular formula is C17H15N3O2. The van der Waals surface area contributed by atoms with E-state index >= 15 is 0 Å². The topological polar surface area (TPSA) is 67.2 Å². The quantitative estimate of drug-likeness (QED) is 0.574. The molecule has 0 saturated heterocycles. The van der Waals surface area contributed by atoms with E-state index in [1.807, 2.05) is 66.9 Å². The van der Waals surface area contributed by atoms with Crippen molar-refractivity contribution < 1.29 is 10.0 Å². The predicted octanol–water partition coefficient (Wildman–Crippen LogP) is 2.51. The Balaban J connectivity index is 1.97. The van der Waals surface area contributed by atoms with Crippen LogP contribution < -0.4 is 5.48 Å². The number of hydrogen-bond acceptors (Lipinski definition) is 3. The van der Waals surface area contributed by atoms with Crippen molar-refractivity contribution >= 4 is 5.91 Å². The lowest BCUT2D eigenvalue weighted by Gasteiger charge is -2.16. The Labute approximate surface area is 127 Å². The Bertz CT molecular complexity index is 737. The van der Waals surface area contributed by atoms with E-state index in [4.69, 9.17) is 5.21 Å². The first kappa shape index (κ1) is 14.0. The van der Waals surface area contributed by atoms with E-state index in [9.17, 15) is 4.79 Å². The number of hydroxylamine groups is 1. The molecule has 0 saturated carbocycles. The largest absolute Gasteiger partial charge is 0.289 e. The van der Waals surface area contributed by atoms with Gasteiger partial charge >= 0.3 is 0 Å². The molecule has 0 radical (unpaired) electrons. The van der Waals surface area contributed by atoms with Gasteiger partial charge in [-0.15, -0.1) is 0 Å². The first-order chi connectivity index (χ1) is 10.8. The molecule has 0 aliphatic carbocycles. The maximum absolute atomic E-state index is 12.0. The van der Waals surface area contributed by atoms with Gasteiger partial charge in [-0.05, 0) is 29.3 Å². The van der Waals surface area contributed by atoms with Crippen LogP contribution in [0, 0.1) is 0 Å². The van der Waals surface area contributed by atoms with E-state index in [-0.39, 0.29) is 0 Å². The van der Waals surface area contributed by atoms with Gasteiger partial charge in [-0.25, -0.2) is 10.2 Å². The van der Waals surface area contributed by atoms with Gasteiger partial charge in [0.25, 0.3) is 5.91 Å². The molecule has 0 aliphatic rings. The molecule has 1 atom stereocenters. The Hall–Kier alpha value is -2.92. The number of benzene rings is 2. The number of carbonyl (C=O) groups excluding carboxylic acids is 1. The van der Waals surface area contributed by atoms with E-state index < -0.39 is 11.8 Å². The number of aromatic nitrogens is 2. The number of nitrogens with one attached hydrogen (secondary N) is 1. The third-order valence-electron chi connectivity index (χ3n) is 3.50. The van der Waals surface area contributed by atoms with Crippen molar-refractivity contribution in [3.63, 3.8) is 0 Å². The molecule has 5 nitrogen and oxygen atoms in total. The first-order valence-electron chi connectivity index (χ1n) is 6.88. The zero-order valence-corrected chi connectivity index (χ0v) is 11.8. The number of carbonyl (C=O) groups is 1. The van der Waals surface area contributed by atoms with E-state index in [1.54, 1.807) is 16.4 Å². The monoisotopic (exact) mass is 293 g/mol. The van der Waals surface area contributed by atoms with E-state index in [1.165, 1.54) is 0 Å². The van der Waals surface area contributed by atoms with Gasteiger partial charge in [0.15, 0.2) is 0 Å². The van der Waals surface area contributed by atoms with Gasteiger partial charge in [-0.2, -0.15) is 5.10 Å². The number of amides is 1. The highest BCUT2D eigenvalue weighted by molar-refractivity contribution is 5.86. The van der Waals surface area contributed by atoms with Crippen molar-refractivity contribution in [2.75, 3.05) is 0 Å². The average Bonchev–Trinajstić information content (AvgIpc) is 3.11. The van der Waals surface area contributed by atoms with E-state index in [0.29, 0.717) is 0 Å². The standard InChI is InChI=1S/C17H15N3O2/c21-17(19-22)16(13-5-2-1-3-6-13)14-7-9-15(10-8-14)20-12-4-11-18-20/h1-12,16,22H,(H,19,21). The molecule has 1 heterocycles. The second-order valence-electron chi connectivity index (χ2n) is 4.86. The highest BCUT2D eigenvalue weighted by atomic mass is 16.5. The van der Waals surface area contributed by atoms with Crippen molar-refractivity contribution in [3.8, 4) is 5.69 Å². The van der Waals surface area contributed by atoms with Gasteiger partial charge < -0.3 is 0 Å². The molecule has 2 N–H and O–H groups in total. The molecule has 0 bridgehead atoms. The Kier molecular flexibility index (Phi) is 3.98. The summed E-state index contributed by atoms with van der Waals surface area (Å²) in [4.78, 5) is 12.0. The van der Waals surface area contributed by atoms with Crippen molar-refractivity contribution in [1.29, 1.82) is 0 Å². The summed E-state index contributed by atoms with van der Waals surface area (Å²) in [5.41, 5.74) is 4.28. The van der Waals surface area contributed by atoms with Crippen LogP contribution in [-0.2, 0) is 4.79 Å². The fourth-order valence-electron chi connectivity index (χ4n) is 2.45. The minimum absolute atomic E-state index is 0.460. The van der Waals surface area contributed by atoms with Crippen LogP contribution in [0.15, 0.2) is 73.1 Å². The number of hydrogen-bond donors (Lipinski definition) is 2. The third-order valence-corrected chi connectivity index (χ3v) is 3.50. The molecule has 1 amide bonds. The maximum Gasteiger partial charge on any atom is 0.255 e. The van der Waals surface area contributed by atoms with Gasteiger partial charge in [-0.1, -0.05) is 42.5 Å². The van der Waals surface area contributed by atoms with Crippen LogP contribution in [0.2, 0.25) is 0 Å². The smallest absolute Gasteiger partial charge is 0.255 e. The summed E-state index contributed by atoms with van der Waals surface area (Å²) in [6, 6.07) is 18.7. The summed E-state index contributed by atoms with van der Waals surface area (Å²) < 4.78 is 1.74. The second-order valence-corrected chi connectivity index (χ2v) is 4.86. The molecule has 1 unspecified atom stereocenters. The summed E-state index contributed by atoms with van der Waals surface area (Å²) in [6.45, 7) is 0. The van der Waals surface area contributed by atoms with Crippen LogP contribution in [0.25, 0.3) is 5.69 Å². The molecule has 1 aromatic heterocycles. The molecule has 0 fully saturated rings. The summed E-state index contributed by atoms with van der Waals surface area (Å²) in [5.74, 6) is -1.02. The Morgan fingerprint density at radius 1 is 1.00 bits per heavy atom. The predicted molar refractivity (Wildman–Crippen MR) is 81.8 cm³/mol. The number of nitrogens with zero attached hydrogens (tertiary/aromatic N) is 2. The zero-order valence-electron chi connectivity index (χ0n) is 11.8. The normalized spacial score (nSPS) is 11.9. The second kappa shape index (κ2) is 6.24. The van der Waals surface area contributed by atoms with E-state index in [0.717, 1.165) is 16.8 Å². The summed E-state index contributed by atoms with van der Waals surface area (Å²) >= 11 is 0. The van der Waals surface area contributed by atoms with Gasteiger partial charge in [-0.3, -0.25) is 10.0 Å². The molecular weight excluding hydrogens is 278 g/mol. The van der Waals surface area contributed by atoms with Crippen molar-refractivity contribution in [2.24, 2.45) is 0 Å². The molecule has 22 heavy (non-hydrogen) atoms. The van der Waals surface area contributed by atoms with Crippen LogP contribution >= 0.6 is 0 Å². The van der Waals surface area contributed by atoms with Crippen molar-refractivity contribution in [3.05, 3.63) is 84.2 Å². The van der Waals surface area contributed by atoms with Crippen molar-refractivity contribution in [1.82, 2.24) is 15.3 Å². The van der Waals surface area contributed by atoms with Crippen LogP contribution in [0.4, 0.5) is 0 Å². The first-order valence-corrected chi connectivity index (χ1v) is 6.88. The molecule has 0 spiro atoms. The van der Waals surface area contributed by atoms with Gasteiger partial charge in [0.2, 0.25) is 0 Å². The van der Waals surface area contributed by atoms with Crippen molar-refractivity contribution in [2.45, 2.75) is 5.92 Å². The minimum Gasteiger partial charge on any atom is -0.289 e. The van der Waals surface area contributed by atoms with E-state index in [2.05, 4.69) is 5.10 Å². The Morgan fingerprint density at radius 3 is 2.27 bits per heavy atom. The zero-order chi connectivity index (χ0) is 15.4. The van der Waals surface area contributed by atoms with Crippen LogP contribution in [0.5, 0.6) is 0 Å². The minimum atomic E-state index is -0.558. The van der Waals surface area contributed by atoms with Gasteiger partial charge in [0.1, 0.15) is 0 Å². The lowest BCUT2D eigenvalue weighted by Crippen LogP contribution is -2.27. The lowest BCUT2D eigenvalue weighted by molar-refractivity contribution is -0.129. The molecule has 5 heteroatoms. The van der Waals surface area contributed by atoms with Gasteiger partial charge in [0.05, 0.1) is 11.6 Å². The third kappa shape index (κ3) is 2.75. The molecule has 3 rings (SSSR count). The molecule has 3 aromatic rings. The maximum atomic E-state index is 12.0. The highest BCUT2D eigenvalue weighted by Crippen LogP contribution is 2.25. The van der Waals surface area contributed by atoms with Crippen LogP contribution in [0.3, 0.4) is 0 Å². The number of rotatable bonds is 4. The summed E-state index contributed by atoms with van der Waals surface area (Å²) in [7, 11) is 0. The SMILES string of the molecule is O=C(NO)C(c1ccccc1)c1ccc(-n2cccn2)cc1. The highest BCUT2D eigenvalue weighted by Gasteiger charge is 2.22. The fraction of sp³-hybridized carbons (Fsp3) is 0.0588. The van der Waals surface area contributed by atoms with Crippen LogP contribution in [-0.4, -0.2) is 20.9 Å². The van der Waals surface area contributed by atoms with Gasteiger partial charge in [0, 0.05) is 12.4 Å². The summed E-state index contributed by atoms with van der Waals surface area (Å²) in [5, 5.41) is 13.2. The molecule has 110 valence electrons. The Morgan fingerprint density at radius 2 is 1.68 bits per heavy atom.